The zero-order valence-electron chi connectivity index (χ0n) is 17.1. The van der Waals surface area contributed by atoms with E-state index < -0.39 is 0 Å². The van der Waals surface area contributed by atoms with Gasteiger partial charge in [0.05, 0.1) is 13.2 Å². The molecule has 6 heteroatoms. The number of ether oxygens (including phenoxy) is 1. The predicted molar refractivity (Wildman–Crippen MR) is 125 cm³/mol. The smallest absolute Gasteiger partial charge is 0.190 e. The molecule has 0 spiro atoms. The van der Waals surface area contributed by atoms with Crippen molar-refractivity contribution in [3.05, 3.63) is 35.9 Å². The molecule has 27 heavy (non-hydrogen) atoms. The molecule has 0 saturated carbocycles. The van der Waals surface area contributed by atoms with E-state index >= 15 is 0 Å². The molecular formula is C21H37IN4O. The molecule has 154 valence electrons. The van der Waals surface area contributed by atoms with Crippen LogP contribution in [0.2, 0.25) is 0 Å². The summed E-state index contributed by atoms with van der Waals surface area (Å²) in [6.07, 6.45) is 2.71. The molecule has 2 atom stereocenters. The van der Waals surface area contributed by atoms with Crippen LogP contribution in [0.4, 0.5) is 0 Å². The highest BCUT2D eigenvalue weighted by Gasteiger charge is 2.14. The summed E-state index contributed by atoms with van der Waals surface area (Å²) in [5.74, 6) is 1.94. The summed E-state index contributed by atoms with van der Waals surface area (Å²) in [6, 6.07) is 10.3. The Labute approximate surface area is 182 Å². The van der Waals surface area contributed by atoms with Crippen molar-refractivity contribution in [3.63, 3.8) is 0 Å². The number of aliphatic imine (C=N–C) groups is 1. The van der Waals surface area contributed by atoms with Crippen LogP contribution in [0.1, 0.15) is 32.3 Å². The zero-order chi connectivity index (χ0) is 18.6. The number of hydrogen-bond donors (Lipinski definition) is 2. The first-order valence-electron chi connectivity index (χ1n) is 9.96. The molecule has 1 aliphatic heterocycles. The van der Waals surface area contributed by atoms with Gasteiger partial charge in [0.1, 0.15) is 0 Å². The Kier molecular flexibility index (Phi) is 12.7. The summed E-state index contributed by atoms with van der Waals surface area (Å²) in [6.45, 7) is 11.4. The molecule has 1 aliphatic rings. The van der Waals surface area contributed by atoms with Gasteiger partial charge in [-0.1, -0.05) is 44.2 Å². The minimum Gasteiger partial charge on any atom is -0.376 e. The van der Waals surface area contributed by atoms with Gasteiger partial charge in [0.25, 0.3) is 0 Å². The van der Waals surface area contributed by atoms with Crippen LogP contribution in [-0.4, -0.2) is 57.2 Å². The number of nitrogens with one attached hydrogen (secondary N) is 2. The van der Waals surface area contributed by atoms with Crippen LogP contribution in [0, 0.1) is 11.8 Å². The van der Waals surface area contributed by atoms with Crippen molar-refractivity contribution in [3.8, 4) is 0 Å². The third-order valence-corrected chi connectivity index (χ3v) is 4.74. The topological polar surface area (TPSA) is 48.9 Å². The number of guanidine groups is 1. The van der Waals surface area contributed by atoms with Crippen molar-refractivity contribution in [2.24, 2.45) is 16.8 Å². The number of rotatable bonds is 10. The fourth-order valence-electron chi connectivity index (χ4n) is 3.24. The second-order valence-corrected chi connectivity index (χ2v) is 7.55. The van der Waals surface area contributed by atoms with Crippen molar-refractivity contribution in [2.75, 3.05) is 46.4 Å². The minimum absolute atomic E-state index is 0. The van der Waals surface area contributed by atoms with E-state index in [-0.39, 0.29) is 24.0 Å². The Morgan fingerprint density at radius 1 is 1.07 bits per heavy atom. The third-order valence-electron chi connectivity index (χ3n) is 4.74. The summed E-state index contributed by atoms with van der Waals surface area (Å²) >= 11 is 0. The Balaban J connectivity index is 0.00000364. The second kappa shape index (κ2) is 14.2. The standard InChI is InChI=1S/C21H36N4O.HI/c1-18(15-25-11-7-8-12-25)13-23-21(22-3)24-14-19(2)16-26-17-20-9-5-4-6-10-20;/h4-6,9-10,18-19H,7-8,11-17H2,1-3H3,(H2,22,23,24);1H. The quantitative estimate of drug-likeness (QED) is 0.301. The van der Waals surface area contributed by atoms with Crippen LogP contribution in [0.15, 0.2) is 35.3 Å². The average Bonchev–Trinajstić information content (AvgIpc) is 3.15. The van der Waals surface area contributed by atoms with Crippen LogP contribution in [0.5, 0.6) is 0 Å². The van der Waals surface area contributed by atoms with E-state index in [9.17, 15) is 0 Å². The van der Waals surface area contributed by atoms with Crippen molar-refractivity contribution < 1.29 is 4.74 Å². The maximum atomic E-state index is 5.81. The molecule has 0 bridgehead atoms. The number of benzene rings is 1. The molecule has 2 rings (SSSR count). The molecule has 1 saturated heterocycles. The zero-order valence-corrected chi connectivity index (χ0v) is 19.4. The summed E-state index contributed by atoms with van der Waals surface area (Å²) in [5, 5.41) is 6.86. The summed E-state index contributed by atoms with van der Waals surface area (Å²) in [5.41, 5.74) is 1.22. The summed E-state index contributed by atoms with van der Waals surface area (Å²) < 4.78 is 5.81. The summed E-state index contributed by atoms with van der Waals surface area (Å²) in [7, 11) is 1.83. The van der Waals surface area contributed by atoms with Crippen molar-refractivity contribution in [2.45, 2.75) is 33.3 Å². The molecule has 1 heterocycles. The molecule has 0 amide bonds. The second-order valence-electron chi connectivity index (χ2n) is 7.55. The Morgan fingerprint density at radius 3 is 2.33 bits per heavy atom. The molecule has 5 nitrogen and oxygen atoms in total. The monoisotopic (exact) mass is 488 g/mol. The normalized spacial score (nSPS) is 17.2. The third kappa shape index (κ3) is 10.3. The fraction of sp³-hybridized carbons (Fsp3) is 0.667. The van der Waals surface area contributed by atoms with Gasteiger partial charge < -0.3 is 20.3 Å². The highest BCUT2D eigenvalue weighted by Crippen LogP contribution is 2.09. The van der Waals surface area contributed by atoms with Gasteiger partial charge >= 0.3 is 0 Å². The van der Waals surface area contributed by atoms with Gasteiger partial charge in [-0.25, -0.2) is 0 Å². The summed E-state index contributed by atoms with van der Waals surface area (Å²) in [4.78, 5) is 6.90. The first kappa shape index (κ1) is 24.2. The lowest BCUT2D eigenvalue weighted by atomic mass is 10.1. The maximum Gasteiger partial charge on any atom is 0.190 e. The van der Waals surface area contributed by atoms with Crippen molar-refractivity contribution in [1.29, 1.82) is 0 Å². The van der Waals surface area contributed by atoms with Gasteiger partial charge in [-0.2, -0.15) is 0 Å². The van der Waals surface area contributed by atoms with Crippen LogP contribution in [-0.2, 0) is 11.3 Å². The van der Waals surface area contributed by atoms with Gasteiger partial charge in [-0.15, -0.1) is 24.0 Å². The number of halogens is 1. The van der Waals surface area contributed by atoms with Gasteiger partial charge in [0, 0.05) is 26.7 Å². The molecule has 1 aromatic carbocycles. The van der Waals surface area contributed by atoms with Gasteiger partial charge in [0.15, 0.2) is 5.96 Å². The van der Waals surface area contributed by atoms with Crippen LogP contribution < -0.4 is 10.6 Å². The predicted octanol–water partition coefficient (Wildman–Crippen LogP) is 3.35. The lowest BCUT2D eigenvalue weighted by molar-refractivity contribution is 0.0931. The molecule has 0 aromatic heterocycles. The molecule has 0 aliphatic carbocycles. The Bertz CT molecular complexity index is 520. The van der Waals surface area contributed by atoms with E-state index in [0.717, 1.165) is 25.7 Å². The number of nitrogens with zero attached hydrogens (tertiary/aromatic N) is 2. The van der Waals surface area contributed by atoms with E-state index in [1.165, 1.54) is 38.0 Å². The molecule has 2 N–H and O–H groups in total. The van der Waals surface area contributed by atoms with Crippen LogP contribution in [0.3, 0.4) is 0 Å². The molecule has 2 unspecified atom stereocenters. The minimum atomic E-state index is 0. The van der Waals surface area contributed by atoms with E-state index in [0.29, 0.717) is 18.4 Å². The highest BCUT2D eigenvalue weighted by atomic mass is 127. The van der Waals surface area contributed by atoms with Gasteiger partial charge in [-0.05, 0) is 43.3 Å². The maximum absolute atomic E-state index is 5.81. The Hall–Kier alpha value is -0.860. The SMILES string of the molecule is CN=C(NCC(C)COCc1ccccc1)NCC(C)CN1CCCC1.I. The number of likely N-dealkylation sites (tertiary alicyclic amines) is 1. The van der Waals surface area contributed by atoms with E-state index in [4.69, 9.17) is 4.74 Å². The van der Waals surface area contributed by atoms with Gasteiger partial charge in [0.2, 0.25) is 0 Å². The van der Waals surface area contributed by atoms with Gasteiger partial charge in [-0.3, -0.25) is 4.99 Å². The first-order chi connectivity index (χ1) is 12.7. The molecule has 0 radical (unpaired) electrons. The van der Waals surface area contributed by atoms with E-state index in [1.54, 1.807) is 0 Å². The van der Waals surface area contributed by atoms with E-state index in [2.05, 4.69) is 46.5 Å². The first-order valence-corrected chi connectivity index (χ1v) is 9.96. The number of hydrogen-bond acceptors (Lipinski definition) is 3. The highest BCUT2D eigenvalue weighted by molar-refractivity contribution is 14.0. The molecule has 1 fully saturated rings. The molecule has 1 aromatic rings. The fourth-order valence-corrected chi connectivity index (χ4v) is 3.24. The van der Waals surface area contributed by atoms with Crippen LogP contribution >= 0.6 is 24.0 Å². The van der Waals surface area contributed by atoms with Crippen molar-refractivity contribution in [1.82, 2.24) is 15.5 Å². The van der Waals surface area contributed by atoms with E-state index in [1.807, 2.05) is 25.2 Å². The molecular weight excluding hydrogens is 451 g/mol. The average molecular weight is 488 g/mol. The van der Waals surface area contributed by atoms with Crippen LogP contribution in [0.25, 0.3) is 0 Å². The van der Waals surface area contributed by atoms with Crippen molar-refractivity contribution >= 4 is 29.9 Å². The lowest BCUT2D eigenvalue weighted by Gasteiger charge is -2.22. The Morgan fingerprint density at radius 2 is 1.70 bits per heavy atom. The lowest BCUT2D eigenvalue weighted by Crippen LogP contribution is -2.43. The largest absolute Gasteiger partial charge is 0.376 e.